The van der Waals surface area contributed by atoms with Crippen molar-refractivity contribution in [1.29, 1.82) is 0 Å². The summed E-state index contributed by atoms with van der Waals surface area (Å²) in [7, 11) is 0. The van der Waals surface area contributed by atoms with E-state index in [1.807, 2.05) is 30.3 Å². The van der Waals surface area contributed by atoms with Crippen LogP contribution in [-0.4, -0.2) is 36.4 Å². The molecule has 2 aliphatic heterocycles. The van der Waals surface area contributed by atoms with Gasteiger partial charge in [0.05, 0.1) is 18.3 Å². The van der Waals surface area contributed by atoms with Gasteiger partial charge in [-0.1, -0.05) is 45.9 Å². The molecule has 0 bridgehead atoms. The summed E-state index contributed by atoms with van der Waals surface area (Å²) >= 11 is 0. The molecule has 1 aromatic carbocycles. The summed E-state index contributed by atoms with van der Waals surface area (Å²) < 4.78 is 19.3. The van der Waals surface area contributed by atoms with Crippen LogP contribution < -0.4 is 0 Å². The first-order valence-corrected chi connectivity index (χ1v) is 15.7. The van der Waals surface area contributed by atoms with Crippen molar-refractivity contribution in [1.82, 2.24) is 0 Å². The maximum absolute atomic E-state index is 14.2. The van der Waals surface area contributed by atoms with Gasteiger partial charge >= 0.3 is 5.97 Å². The van der Waals surface area contributed by atoms with Gasteiger partial charge in [-0.3, -0.25) is 4.79 Å². The third-order valence-electron chi connectivity index (χ3n) is 12.9. The summed E-state index contributed by atoms with van der Waals surface area (Å²) in [4.78, 5) is 27.0. The van der Waals surface area contributed by atoms with Crippen molar-refractivity contribution < 1.29 is 23.8 Å². The van der Waals surface area contributed by atoms with Gasteiger partial charge in [0.15, 0.2) is 5.79 Å². The fourth-order valence-electron chi connectivity index (χ4n) is 11.0. The molecule has 6 aliphatic rings. The van der Waals surface area contributed by atoms with Crippen LogP contribution in [0.3, 0.4) is 0 Å². The molecule has 0 unspecified atom stereocenters. The summed E-state index contributed by atoms with van der Waals surface area (Å²) in [5, 5.41) is 0. The molecule has 2 saturated heterocycles. The van der Waals surface area contributed by atoms with Gasteiger partial charge in [0, 0.05) is 24.7 Å². The number of hydrogen-bond acceptors (Lipinski definition) is 5. The minimum absolute atomic E-state index is 0.00384. The van der Waals surface area contributed by atoms with Gasteiger partial charge in [-0.15, -0.1) is 0 Å². The molecule has 4 aliphatic carbocycles. The predicted molar refractivity (Wildman–Crippen MR) is 148 cm³/mol. The van der Waals surface area contributed by atoms with Crippen molar-refractivity contribution in [2.75, 3.05) is 6.61 Å². The summed E-state index contributed by atoms with van der Waals surface area (Å²) in [5.74, 6) is 2.74. The molecule has 212 valence electrons. The molecular formula is C34H46O5. The molecule has 12 atom stereocenters. The van der Waals surface area contributed by atoms with Crippen molar-refractivity contribution >= 4 is 11.8 Å². The predicted octanol–water partition coefficient (Wildman–Crippen LogP) is 6.84. The van der Waals surface area contributed by atoms with Crippen LogP contribution in [0.2, 0.25) is 0 Å². The molecular weight excluding hydrogens is 488 g/mol. The van der Waals surface area contributed by atoms with E-state index in [1.54, 1.807) is 0 Å². The maximum Gasteiger partial charge on any atom is 0.338 e. The Morgan fingerprint density at radius 2 is 1.77 bits per heavy atom. The Labute approximate surface area is 233 Å². The molecule has 0 N–H and O–H groups in total. The molecule has 5 nitrogen and oxygen atoms in total. The van der Waals surface area contributed by atoms with Crippen LogP contribution >= 0.6 is 0 Å². The van der Waals surface area contributed by atoms with Crippen LogP contribution in [0.5, 0.6) is 0 Å². The molecule has 1 aromatic rings. The van der Waals surface area contributed by atoms with E-state index < -0.39 is 5.79 Å². The van der Waals surface area contributed by atoms with Gasteiger partial charge in [-0.25, -0.2) is 4.79 Å². The number of fused-ring (bicyclic) bond motifs is 7. The highest BCUT2D eigenvalue weighted by Gasteiger charge is 2.70. The van der Waals surface area contributed by atoms with Crippen LogP contribution in [0.1, 0.15) is 95.8 Å². The molecule has 4 saturated carbocycles. The quantitative estimate of drug-likeness (QED) is 0.389. The molecule has 0 radical (unpaired) electrons. The van der Waals surface area contributed by atoms with Crippen molar-refractivity contribution in [2.45, 2.75) is 103 Å². The van der Waals surface area contributed by atoms with E-state index >= 15 is 0 Å². The number of ketones is 1. The van der Waals surface area contributed by atoms with Crippen LogP contribution in [0, 0.1) is 52.3 Å². The standard InChI is InChI=1S/C34H46O5/c1-20-12-15-34(37-19-20)21(2)29-28(39-34)17-26-25-11-10-23-16-24(38-31(36)22-8-6-5-7-9-22)13-14-32(23,3)30(25)27(35)18-33(26,29)4/h5-9,20-21,23-26,28-30H,10-19H2,1-4H3/t20-,21+,23+,24+,25+,26+,28+,29+,30-,32+,33+,34-/m1/s1. The van der Waals surface area contributed by atoms with E-state index in [2.05, 4.69) is 27.7 Å². The minimum Gasteiger partial charge on any atom is -0.459 e. The van der Waals surface area contributed by atoms with Crippen LogP contribution in [0.4, 0.5) is 0 Å². The minimum atomic E-state index is -0.436. The van der Waals surface area contributed by atoms with E-state index in [1.165, 1.54) is 0 Å². The first-order valence-electron chi connectivity index (χ1n) is 15.7. The van der Waals surface area contributed by atoms with E-state index in [4.69, 9.17) is 14.2 Å². The molecule has 0 aromatic heterocycles. The summed E-state index contributed by atoms with van der Waals surface area (Å²) in [6.45, 7) is 10.2. The smallest absolute Gasteiger partial charge is 0.338 e. The topological polar surface area (TPSA) is 61.8 Å². The van der Waals surface area contributed by atoms with Crippen LogP contribution in [-0.2, 0) is 19.0 Å². The first-order chi connectivity index (χ1) is 18.6. The number of Topliss-reactive ketones (excluding diaryl/α,β-unsaturated/α-hetero) is 1. The average Bonchev–Trinajstić information content (AvgIpc) is 3.36. The Kier molecular flexibility index (Phi) is 6.14. The van der Waals surface area contributed by atoms with Crippen molar-refractivity contribution in [3.8, 4) is 0 Å². The van der Waals surface area contributed by atoms with Gasteiger partial charge in [-0.2, -0.15) is 0 Å². The van der Waals surface area contributed by atoms with Crippen molar-refractivity contribution in [3.05, 3.63) is 35.9 Å². The first kappa shape index (κ1) is 26.2. The average molecular weight is 535 g/mol. The number of carbonyl (C=O) groups excluding carboxylic acids is 2. The second kappa shape index (κ2) is 9.14. The largest absolute Gasteiger partial charge is 0.459 e. The van der Waals surface area contributed by atoms with E-state index in [9.17, 15) is 9.59 Å². The van der Waals surface area contributed by atoms with Crippen molar-refractivity contribution in [2.24, 2.45) is 52.3 Å². The zero-order valence-corrected chi connectivity index (χ0v) is 24.2. The fourth-order valence-corrected chi connectivity index (χ4v) is 11.0. The molecule has 0 amide bonds. The lowest BCUT2D eigenvalue weighted by molar-refractivity contribution is -0.272. The maximum atomic E-state index is 14.2. The van der Waals surface area contributed by atoms with Gasteiger partial charge in [0.25, 0.3) is 0 Å². The second-order valence-electron chi connectivity index (χ2n) is 14.8. The van der Waals surface area contributed by atoms with E-state index in [0.717, 1.165) is 58.0 Å². The Morgan fingerprint density at radius 3 is 2.51 bits per heavy atom. The third kappa shape index (κ3) is 3.85. The second-order valence-corrected chi connectivity index (χ2v) is 14.8. The lowest BCUT2D eigenvalue weighted by atomic mass is 9.44. The molecule has 39 heavy (non-hydrogen) atoms. The third-order valence-corrected chi connectivity index (χ3v) is 12.9. The van der Waals surface area contributed by atoms with Gasteiger partial charge in [0.1, 0.15) is 11.9 Å². The zero-order valence-electron chi connectivity index (χ0n) is 24.2. The number of carbonyl (C=O) groups is 2. The molecule has 6 fully saturated rings. The zero-order chi connectivity index (χ0) is 27.2. The molecule has 1 spiro atoms. The van der Waals surface area contributed by atoms with Crippen molar-refractivity contribution in [3.63, 3.8) is 0 Å². The Hall–Kier alpha value is -1.72. The Morgan fingerprint density at radius 1 is 0.974 bits per heavy atom. The Balaban J connectivity index is 1.08. The fraction of sp³-hybridized carbons (Fsp3) is 0.765. The lowest BCUT2D eigenvalue weighted by Gasteiger charge is -2.60. The van der Waals surface area contributed by atoms with E-state index in [0.29, 0.717) is 53.3 Å². The van der Waals surface area contributed by atoms with E-state index in [-0.39, 0.29) is 34.9 Å². The molecule has 7 rings (SSSR count). The number of benzene rings is 1. The Bertz CT molecular complexity index is 1120. The normalized spacial score (nSPS) is 50.6. The number of rotatable bonds is 2. The summed E-state index contributed by atoms with van der Waals surface area (Å²) in [5.41, 5.74) is 0.629. The summed E-state index contributed by atoms with van der Waals surface area (Å²) in [6, 6.07) is 9.32. The van der Waals surface area contributed by atoms with Gasteiger partial charge < -0.3 is 14.2 Å². The molecule has 2 heterocycles. The monoisotopic (exact) mass is 534 g/mol. The molecule has 5 heteroatoms. The number of hydrogen-bond donors (Lipinski definition) is 0. The van der Waals surface area contributed by atoms with Crippen LogP contribution in [0.15, 0.2) is 30.3 Å². The highest BCUT2D eigenvalue weighted by molar-refractivity contribution is 5.89. The summed E-state index contributed by atoms with van der Waals surface area (Å²) in [6.07, 6.45) is 9.04. The van der Waals surface area contributed by atoms with Gasteiger partial charge in [-0.05, 0) is 97.5 Å². The highest BCUT2D eigenvalue weighted by Crippen LogP contribution is 2.70. The number of esters is 1. The highest BCUT2D eigenvalue weighted by atomic mass is 16.7. The van der Waals surface area contributed by atoms with Gasteiger partial charge in [0.2, 0.25) is 0 Å². The van der Waals surface area contributed by atoms with Crippen LogP contribution in [0.25, 0.3) is 0 Å². The lowest BCUT2D eigenvalue weighted by Crippen LogP contribution is -2.58. The number of ether oxygens (including phenoxy) is 3. The SMILES string of the molecule is C[C@@H]1CC[C@@]2(OC1)O[C@H]1C[C@H]3[C@@H]4CC[C@H]5C[C@@H](OC(=O)c6ccccc6)CC[C@]5(C)[C@H]4C(=O)C[C@]3(C)[C@H]1[C@@H]2C.